The molecule has 0 bridgehead atoms. The molecule has 1 aromatic heterocycles. The molecule has 1 aromatic carbocycles. The highest BCUT2D eigenvalue weighted by molar-refractivity contribution is 6.07. The van der Waals surface area contributed by atoms with Crippen molar-refractivity contribution in [3.8, 4) is 0 Å². The second kappa shape index (κ2) is 7.87. The van der Waals surface area contributed by atoms with Crippen molar-refractivity contribution in [2.24, 2.45) is 0 Å². The van der Waals surface area contributed by atoms with Crippen LogP contribution in [0.1, 0.15) is 24.0 Å². The molecule has 2 saturated heterocycles. The standard InChI is InChI=1S/C22H22N4O3/c27-19(9-8-17-7-4-12-23-15-17)25-13-10-22(11-14-25)20(28)26(21(29)24-22)16-18-5-2-1-3-6-18/h1-9,12,15H,10-11,13-14,16H2,(H,24,29). The lowest BCUT2D eigenvalue weighted by Gasteiger charge is -2.36. The topological polar surface area (TPSA) is 82.6 Å². The zero-order valence-electron chi connectivity index (χ0n) is 16.0. The first-order chi connectivity index (χ1) is 14.1. The van der Waals surface area contributed by atoms with Crippen molar-refractivity contribution in [2.75, 3.05) is 13.1 Å². The van der Waals surface area contributed by atoms with Crippen LogP contribution in [0.3, 0.4) is 0 Å². The number of carbonyl (C=O) groups excluding carboxylic acids is 3. The average molecular weight is 390 g/mol. The van der Waals surface area contributed by atoms with Crippen LogP contribution in [0.15, 0.2) is 60.9 Å². The van der Waals surface area contributed by atoms with Crippen molar-refractivity contribution < 1.29 is 14.4 Å². The van der Waals surface area contributed by atoms with Crippen LogP contribution in [-0.2, 0) is 16.1 Å². The van der Waals surface area contributed by atoms with Crippen molar-refractivity contribution >= 4 is 23.9 Å². The van der Waals surface area contributed by atoms with E-state index in [9.17, 15) is 14.4 Å². The molecule has 2 fully saturated rings. The number of hydrogen-bond acceptors (Lipinski definition) is 4. The lowest BCUT2D eigenvalue weighted by Crippen LogP contribution is -2.55. The molecule has 2 aliphatic rings. The molecule has 7 heteroatoms. The van der Waals surface area contributed by atoms with Crippen LogP contribution >= 0.6 is 0 Å². The van der Waals surface area contributed by atoms with Crippen molar-refractivity contribution in [3.63, 3.8) is 0 Å². The zero-order valence-corrected chi connectivity index (χ0v) is 16.0. The Morgan fingerprint density at radius 3 is 2.55 bits per heavy atom. The van der Waals surface area contributed by atoms with Gasteiger partial charge in [-0.15, -0.1) is 0 Å². The molecular formula is C22H22N4O3. The Balaban J connectivity index is 1.38. The maximum Gasteiger partial charge on any atom is 0.325 e. The predicted molar refractivity (Wildman–Crippen MR) is 107 cm³/mol. The molecule has 148 valence electrons. The lowest BCUT2D eigenvalue weighted by atomic mass is 9.87. The van der Waals surface area contributed by atoms with Gasteiger partial charge >= 0.3 is 6.03 Å². The van der Waals surface area contributed by atoms with E-state index in [4.69, 9.17) is 0 Å². The maximum atomic E-state index is 13.0. The number of imide groups is 1. The van der Waals surface area contributed by atoms with Crippen molar-refractivity contribution in [1.82, 2.24) is 20.1 Å². The number of benzene rings is 1. The minimum absolute atomic E-state index is 0.110. The quantitative estimate of drug-likeness (QED) is 0.641. The van der Waals surface area contributed by atoms with Gasteiger partial charge in [-0.05, 0) is 36.1 Å². The summed E-state index contributed by atoms with van der Waals surface area (Å²) in [5.74, 6) is -0.314. The maximum absolute atomic E-state index is 13.0. The molecular weight excluding hydrogens is 368 g/mol. The summed E-state index contributed by atoms with van der Waals surface area (Å²) in [5.41, 5.74) is 0.848. The van der Waals surface area contributed by atoms with E-state index in [2.05, 4.69) is 10.3 Å². The summed E-state index contributed by atoms with van der Waals surface area (Å²) >= 11 is 0. The monoisotopic (exact) mass is 390 g/mol. The molecule has 0 radical (unpaired) electrons. The lowest BCUT2D eigenvalue weighted by molar-refractivity contribution is -0.136. The third-order valence-electron chi connectivity index (χ3n) is 5.46. The van der Waals surface area contributed by atoms with Gasteiger partial charge in [0, 0.05) is 31.6 Å². The second-order valence-electron chi connectivity index (χ2n) is 7.33. The predicted octanol–water partition coefficient (Wildman–Crippen LogP) is 2.21. The Morgan fingerprint density at radius 1 is 1.10 bits per heavy atom. The number of pyridine rings is 1. The van der Waals surface area contributed by atoms with Gasteiger partial charge < -0.3 is 10.2 Å². The molecule has 1 spiro atoms. The fourth-order valence-corrected chi connectivity index (χ4v) is 3.78. The number of rotatable bonds is 4. The Morgan fingerprint density at radius 2 is 1.86 bits per heavy atom. The molecule has 0 saturated carbocycles. The highest BCUT2D eigenvalue weighted by Gasteiger charge is 2.52. The molecule has 29 heavy (non-hydrogen) atoms. The number of aromatic nitrogens is 1. The molecule has 0 aliphatic carbocycles. The molecule has 2 aromatic rings. The number of hydrogen-bond donors (Lipinski definition) is 1. The van der Waals surface area contributed by atoms with Crippen LogP contribution in [0.2, 0.25) is 0 Å². The first-order valence-corrected chi connectivity index (χ1v) is 9.62. The van der Waals surface area contributed by atoms with E-state index in [1.807, 2.05) is 42.5 Å². The summed E-state index contributed by atoms with van der Waals surface area (Å²) in [4.78, 5) is 44.9. The summed E-state index contributed by atoms with van der Waals surface area (Å²) in [6, 6.07) is 12.8. The van der Waals surface area contributed by atoms with Gasteiger partial charge in [-0.3, -0.25) is 19.5 Å². The molecule has 1 N–H and O–H groups in total. The third-order valence-corrected chi connectivity index (χ3v) is 5.46. The molecule has 0 atom stereocenters. The molecule has 0 unspecified atom stereocenters. The Hall–Kier alpha value is -3.48. The summed E-state index contributed by atoms with van der Waals surface area (Å²) in [6.07, 6.45) is 7.43. The number of amides is 4. The third kappa shape index (κ3) is 3.89. The van der Waals surface area contributed by atoms with Crippen LogP contribution < -0.4 is 5.32 Å². The molecule has 2 aliphatic heterocycles. The number of likely N-dealkylation sites (tertiary alicyclic amines) is 1. The number of nitrogens with one attached hydrogen (secondary N) is 1. The largest absolute Gasteiger partial charge is 0.339 e. The highest BCUT2D eigenvalue weighted by atomic mass is 16.2. The van der Waals surface area contributed by atoms with Gasteiger partial charge in [0.2, 0.25) is 5.91 Å². The summed E-state index contributed by atoms with van der Waals surface area (Å²) < 4.78 is 0. The molecule has 7 nitrogen and oxygen atoms in total. The Bertz CT molecular complexity index is 935. The van der Waals surface area contributed by atoms with Gasteiger partial charge in [-0.1, -0.05) is 36.4 Å². The smallest absolute Gasteiger partial charge is 0.325 e. The van der Waals surface area contributed by atoms with E-state index in [1.165, 1.54) is 11.0 Å². The second-order valence-corrected chi connectivity index (χ2v) is 7.33. The minimum atomic E-state index is -0.907. The van der Waals surface area contributed by atoms with E-state index >= 15 is 0 Å². The van der Waals surface area contributed by atoms with Gasteiger partial charge in [-0.25, -0.2) is 4.79 Å². The summed E-state index contributed by atoms with van der Waals surface area (Å²) in [6.45, 7) is 1.09. The van der Waals surface area contributed by atoms with Gasteiger partial charge in [0.15, 0.2) is 0 Å². The Labute approximate surface area is 169 Å². The number of carbonyl (C=O) groups is 3. The van der Waals surface area contributed by atoms with E-state index < -0.39 is 5.54 Å². The summed E-state index contributed by atoms with van der Waals surface area (Å²) in [5, 5.41) is 2.88. The minimum Gasteiger partial charge on any atom is -0.339 e. The number of nitrogens with zero attached hydrogens (tertiary/aromatic N) is 3. The van der Waals surface area contributed by atoms with Crippen molar-refractivity contribution in [3.05, 3.63) is 72.1 Å². The van der Waals surface area contributed by atoms with Crippen LogP contribution in [0.4, 0.5) is 4.79 Å². The number of piperidine rings is 1. The zero-order chi connectivity index (χ0) is 20.3. The van der Waals surface area contributed by atoms with E-state index in [0.717, 1.165) is 11.1 Å². The normalized spacial score (nSPS) is 18.5. The van der Waals surface area contributed by atoms with Crippen LogP contribution in [0.5, 0.6) is 0 Å². The summed E-state index contributed by atoms with van der Waals surface area (Å²) in [7, 11) is 0. The van der Waals surface area contributed by atoms with Crippen molar-refractivity contribution in [1.29, 1.82) is 0 Å². The van der Waals surface area contributed by atoms with Gasteiger partial charge in [0.05, 0.1) is 6.54 Å². The van der Waals surface area contributed by atoms with Gasteiger partial charge in [-0.2, -0.15) is 0 Å². The first kappa shape index (κ1) is 18.9. The number of urea groups is 1. The van der Waals surface area contributed by atoms with E-state index in [0.29, 0.717) is 25.9 Å². The average Bonchev–Trinajstić information content (AvgIpc) is 2.98. The SMILES string of the molecule is O=C(C=Cc1cccnc1)N1CCC2(CC1)NC(=O)N(Cc1ccccc1)C2=O. The molecule has 4 rings (SSSR count). The molecule has 3 heterocycles. The van der Waals surface area contributed by atoms with Gasteiger partial charge in [0.1, 0.15) is 5.54 Å². The van der Waals surface area contributed by atoms with Crippen LogP contribution in [0, 0.1) is 0 Å². The van der Waals surface area contributed by atoms with Crippen molar-refractivity contribution in [2.45, 2.75) is 24.9 Å². The van der Waals surface area contributed by atoms with E-state index in [1.54, 1.807) is 23.4 Å². The van der Waals surface area contributed by atoms with Gasteiger partial charge in [0.25, 0.3) is 5.91 Å². The van der Waals surface area contributed by atoms with Crippen LogP contribution in [0.25, 0.3) is 6.08 Å². The highest BCUT2D eigenvalue weighted by Crippen LogP contribution is 2.30. The molecule has 4 amide bonds. The van der Waals surface area contributed by atoms with Crippen LogP contribution in [-0.4, -0.2) is 51.3 Å². The Kier molecular flexibility index (Phi) is 5.12. The fraction of sp³-hybridized carbons (Fsp3) is 0.273. The van der Waals surface area contributed by atoms with E-state index in [-0.39, 0.29) is 24.4 Å². The first-order valence-electron chi connectivity index (χ1n) is 9.62. The fourth-order valence-electron chi connectivity index (χ4n) is 3.78.